The first-order valence-corrected chi connectivity index (χ1v) is 6.60. The molecule has 1 N–H and O–H groups in total. The van der Waals surface area contributed by atoms with Gasteiger partial charge in [-0.25, -0.2) is 4.98 Å². The van der Waals surface area contributed by atoms with Gasteiger partial charge in [-0.3, -0.25) is 4.79 Å². The van der Waals surface area contributed by atoms with Gasteiger partial charge in [-0.2, -0.15) is 0 Å². The lowest BCUT2D eigenvalue weighted by Crippen LogP contribution is -2.38. The maximum atomic E-state index is 12.2. The smallest absolute Gasteiger partial charge is 0.293 e. The molecule has 0 amide bonds. The highest BCUT2D eigenvalue weighted by Gasteiger charge is 2.18. The van der Waals surface area contributed by atoms with Crippen LogP contribution >= 0.6 is 0 Å². The van der Waals surface area contributed by atoms with Crippen molar-refractivity contribution < 1.29 is 0 Å². The van der Waals surface area contributed by atoms with Crippen LogP contribution in [-0.2, 0) is 0 Å². The van der Waals surface area contributed by atoms with E-state index in [9.17, 15) is 4.79 Å². The van der Waals surface area contributed by atoms with Crippen LogP contribution in [-0.4, -0.2) is 40.6 Å². The standard InChI is InChI=1S/C13H22N4O/c1-10(2)17-9-6-14-12(13(17)18)15-11-4-7-16(3)8-5-11/h6,9-11H,4-5,7-8H2,1-3H3,(H,14,15). The van der Waals surface area contributed by atoms with Crippen molar-refractivity contribution in [1.82, 2.24) is 14.5 Å². The van der Waals surface area contributed by atoms with E-state index >= 15 is 0 Å². The fraction of sp³-hybridized carbons (Fsp3) is 0.692. The molecule has 2 rings (SSSR count). The summed E-state index contributed by atoms with van der Waals surface area (Å²) in [4.78, 5) is 18.7. The van der Waals surface area contributed by atoms with Gasteiger partial charge in [0.25, 0.3) is 5.56 Å². The van der Waals surface area contributed by atoms with Gasteiger partial charge in [0.05, 0.1) is 0 Å². The number of nitrogens with one attached hydrogen (secondary N) is 1. The molecule has 1 saturated heterocycles. The van der Waals surface area contributed by atoms with Crippen LogP contribution in [0.3, 0.4) is 0 Å². The van der Waals surface area contributed by atoms with Gasteiger partial charge in [0.2, 0.25) is 0 Å². The van der Waals surface area contributed by atoms with Crippen molar-refractivity contribution >= 4 is 5.82 Å². The fourth-order valence-electron chi connectivity index (χ4n) is 2.28. The lowest BCUT2D eigenvalue weighted by Gasteiger charge is -2.29. The van der Waals surface area contributed by atoms with Gasteiger partial charge in [0, 0.05) is 24.5 Å². The van der Waals surface area contributed by atoms with Crippen LogP contribution in [0.2, 0.25) is 0 Å². The van der Waals surface area contributed by atoms with Gasteiger partial charge >= 0.3 is 0 Å². The lowest BCUT2D eigenvalue weighted by atomic mass is 10.1. The first kappa shape index (κ1) is 13.1. The third-order valence-electron chi connectivity index (χ3n) is 3.48. The van der Waals surface area contributed by atoms with Gasteiger partial charge in [-0.1, -0.05) is 0 Å². The van der Waals surface area contributed by atoms with E-state index in [1.54, 1.807) is 17.0 Å². The molecule has 0 bridgehead atoms. The van der Waals surface area contributed by atoms with Crippen molar-refractivity contribution in [3.8, 4) is 0 Å². The van der Waals surface area contributed by atoms with E-state index in [0.717, 1.165) is 25.9 Å². The Balaban J connectivity index is 2.10. The fourth-order valence-corrected chi connectivity index (χ4v) is 2.28. The molecule has 18 heavy (non-hydrogen) atoms. The summed E-state index contributed by atoms with van der Waals surface area (Å²) in [5.41, 5.74) is -0.0218. The summed E-state index contributed by atoms with van der Waals surface area (Å²) in [6.45, 7) is 6.15. The maximum absolute atomic E-state index is 12.2. The molecular weight excluding hydrogens is 228 g/mol. The molecule has 0 unspecified atom stereocenters. The van der Waals surface area contributed by atoms with Crippen molar-refractivity contribution in [3.05, 3.63) is 22.7 Å². The van der Waals surface area contributed by atoms with Gasteiger partial charge < -0.3 is 14.8 Å². The topological polar surface area (TPSA) is 50.2 Å². The second kappa shape index (κ2) is 5.52. The first-order valence-electron chi connectivity index (χ1n) is 6.60. The molecule has 0 aromatic carbocycles. The van der Waals surface area contributed by atoms with Crippen LogP contribution in [0, 0.1) is 0 Å². The Morgan fingerprint density at radius 1 is 1.39 bits per heavy atom. The zero-order valence-electron chi connectivity index (χ0n) is 11.4. The zero-order chi connectivity index (χ0) is 13.1. The number of anilines is 1. The van der Waals surface area contributed by atoms with Crippen LogP contribution in [0.25, 0.3) is 0 Å². The Labute approximate surface area is 108 Å². The molecule has 5 heteroatoms. The molecule has 2 heterocycles. The Hall–Kier alpha value is -1.36. The highest BCUT2D eigenvalue weighted by atomic mass is 16.1. The molecule has 1 aliphatic heterocycles. The van der Waals surface area contributed by atoms with Gasteiger partial charge in [-0.15, -0.1) is 0 Å². The summed E-state index contributed by atoms with van der Waals surface area (Å²) < 4.78 is 1.71. The summed E-state index contributed by atoms with van der Waals surface area (Å²) in [7, 11) is 2.13. The third kappa shape index (κ3) is 2.90. The minimum Gasteiger partial charge on any atom is -0.363 e. The van der Waals surface area contributed by atoms with Gasteiger partial charge in [-0.05, 0) is 46.8 Å². The quantitative estimate of drug-likeness (QED) is 0.879. The summed E-state index contributed by atoms with van der Waals surface area (Å²) in [5, 5.41) is 3.29. The van der Waals surface area contributed by atoms with E-state index in [0.29, 0.717) is 11.9 Å². The molecule has 100 valence electrons. The van der Waals surface area contributed by atoms with E-state index in [1.807, 2.05) is 13.8 Å². The molecule has 5 nitrogen and oxygen atoms in total. The molecule has 0 atom stereocenters. The lowest BCUT2D eigenvalue weighted by molar-refractivity contribution is 0.263. The van der Waals surface area contributed by atoms with Crippen molar-refractivity contribution in [2.45, 2.75) is 38.8 Å². The minimum atomic E-state index is -0.0218. The van der Waals surface area contributed by atoms with Gasteiger partial charge in [0.1, 0.15) is 0 Å². The van der Waals surface area contributed by atoms with E-state index in [2.05, 4.69) is 22.2 Å². The molecule has 1 aliphatic rings. The monoisotopic (exact) mass is 250 g/mol. The molecule has 0 radical (unpaired) electrons. The number of hydrogen-bond acceptors (Lipinski definition) is 4. The largest absolute Gasteiger partial charge is 0.363 e. The minimum absolute atomic E-state index is 0.0218. The summed E-state index contributed by atoms with van der Waals surface area (Å²) >= 11 is 0. The molecule has 1 aromatic rings. The highest BCUT2D eigenvalue weighted by molar-refractivity contribution is 5.32. The van der Waals surface area contributed by atoms with E-state index in [-0.39, 0.29) is 11.6 Å². The summed E-state index contributed by atoms with van der Waals surface area (Å²) in [6.07, 6.45) is 5.56. The third-order valence-corrected chi connectivity index (χ3v) is 3.48. The van der Waals surface area contributed by atoms with Crippen LogP contribution in [0.5, 0.6) is 0 Å². The number of rotatable bonds is 3. The second-order valence-electron chi connectivity index (χ2n) is 5.30. The van der Waals surface area contributed by atoms with Crippen molar-refractivity contribution in [3.63, 3.8) is 0 Å². The zero-order valence-corrected chi connectivity index (χ0v) is 11.4. The van der Waals surface area contributed by atoms with Gasteiger partial charge in [0.15, 0.2) is 5.82 Å². The van der Waals surface area contributed by atoms with Crippen LogP contribution in [0.15, 0.2) is 17.2 Å². The van der Waals surface area contributed by atoms with Crippen LogP contribution in [0.4, 0.5) is 5.82 Å². The van der Waals surface area contributed by atoms with Crippen molar-refractivity contribution in [1.29, 1.82) is 0 Å². The number of hydrogen-bond donors (Lipinski definition) is 1. The average molecular weight is 250 g/mol. The van der Waals surface area contributed by atoms with E-state index in [4.69, 9.17) is 0 Å². The number of piperidine rings is 1. The second-order valence-corrected chi connectivity index (χ2v) is 5.30. The Morgan fingerprint density at radius 2 is 2.06 bits per heavy atom. The van der Waals surface area contributed by atoms with Crippen molar-refractivity contribution in [2.75, 3.05) is 25.5 Å². The Bertz CT molecular complexity index is 447. The summed E-state index contributed by atoms with van der Waals surface area (Å²) in [5.74, 6) is 0.487. The Morgan fingerprint density at radius 3 is 2.67 bits per heavy atom. The number of likely N-dealkylation sites (tertiary alicyclic amines) is 1. The molecule has 0 saturated carbocycles. The highest BCUT2D eigenvalue weighted by Crippen LogP contribution is 2.12. The Kier molecular flexibility index (Phi) is 4.01. The first-order chi connectivity index (χ1) is 8.58. The van der Waals surface area contributed by atoms with E-state index in [1.165, 1.54) is 0 Å². The van der Waals surface area contributed by atoms with Crippen LogP contribution < -0.4 is 10.9 Å². The average Bonchev–Trinajstić information content (AvgIpc) is 2.34. The normalized spacial score (nSPS) is 18.2. The van der Waals surface area contributed by atoms with E-state index < -0.39 is 0 Å². The maximum Gasteiger partial charge on any atom is 0.293 e. The predicted octanol–water partition coefficient (Wildman–Crippen LogP) is 1.33. The SMILES string of the molecule is CC(C)n1ccnc(NC2CCN(C)CC2)c1=O. The molecule has 1 aromatic heterocycles. The molecule has 0 aliphatic carbocycles. The summed E-state index contributed by atoms with van der Waals surface area (Å²) in [6, 6.07) is 0.531. The molecular formula is C13H22N4O. The molecule has 1 fully saturated rings. The number of nitrogens with zero attached hydrogens (tertiary/aromatic N) is 3. The molecule has 0 spiro atoms. The van der Waals surface area contributed by atoms with Crippen molar-refractivity contribution in [2.24, 2.45) is 0 Å². The number of aromatic nitrogens is 2. The van der Waals surface area contributed by atoms with Crippen LogP contribution in [0.1, 0.15) is 32.7 Å². The predicted molar refractivity (Wildman–Crippen MR) is 73.0 cm³/mol.